The minimum atomic E-state index is -1.13. The van der Waals surface area contributed by atoms with Crippen LogP contribution in [-0.2, 0) is 66.3 Å². The lowest BCUT2D eigenvalue weighted by atomic mass is 9.52. The Morgan fingerprint density at radius 2 is 1.32 bits per heavy atom. The summed E-state index contributed by atoms with van der Waals surface area (Å²) < 4.78 is 87.2. The smallest absolute Gasteiger partial charge is 0.186 e. The normalized spacial score (nSPS) is 54.0. The molecule has 65 heavy (non-hydrogen) atoms. The molecule has 0 amide bonds. The second-order valence-electron chi connectivity index (χ2n) is 21.0. The van der Waals surface area contributed by atoms with Gasteiger partial charge in [-0.3, -0.25) is 0 Å². The zero-order valence-corrected chi connectivity index (χ0v) is 39.5. The highest BCUT2D eigenvalue weighted by atomic mass is 16.8. The molecule has 1 spiro atoms. The molecule has 368 valence electrons. The maximum absolute atomic E-state index is 11.7. The van der Waals surface area contributed by atoms with Gasteiger partial charge in [0.2, 0.25) is 0 Å². The van der Waals surface area contributed by atoms with Crippen molar-refractivity contribution in [1.29, 1.82) is 0 Å². The SMILES string of the molecule is CO[C@@H]1[C@@H](O)[C@H](O[C@H]2CC[C@@]3(C)C(=CCC4=C5O[C@@H]6CO[C@]7(C)OC[C@@]5(CC[C@@H]43)[C@H]67)C2)O[C@H](C)[C@H]1O[C@H]1C[C@H](O)[C@H](O[C@H]2C[C@H](OC)[C@H](O[C@H]3C[C@H](OC)[C@H](O)[C@H](C)O3)[C@@H](C)O2)[C@@H](C)O1. The summed E-state index contributed by atoms with van der Waals surface area (Å²) in [6.45, 7) is 13.2. The van der Waals surface area contributed by atoms with E-state index in [1.54, 1.807) is 28.3 Å². The second-order valence-corrected chi connectivity index (χ2v) is 21.0. The number of rotatable bonds is 11. The maximum atomic E-state index is 11.7. The van der Waals surface area contributed by atoms with Gasteiger partial charge in [-0.1, -0.05) is 18.6 Å². The molecule has 7 saturated heterocycles. The van der Waals surface area contributed by atoms with Crippen molar-refractivity contribution in [2.45, 2.75) is 222 Å². The fourth-order valence-corrected chi connectivity index (χ4v) is 13.8. The van der Waals surface area contributed by atoms with Crippen LogP contribution in [0.15, 0.2) is 23.0 Å². The van der Waals surface area contributed by atoms with Crippen molar-refractivity contribution in [3.63, 3.8) is 0 Å². The third kappa shape index (κ3) is 8.10. The fourth-order valence-electron chi connectivity index (χ4n) is 13.8. The lowest BCUT2D eigenvalue weighted by molar-refractivity contribution is -0.356. The van der Waals surface area contributed by atoms with Crippen LogP contribution in [0.25, 0.3) is 0 Å². The van der Waals surface area contributed by atoms with Gasteiger partial charge in [-0.15, -0.1) is 0 Å². The van der Waals surface area contributed by atoms with E-state index >= 15 is 0 Å². The van der Waals surface area contributed by atoms with E-state index in [9.17, 15) is 15.3 Å². The monoisotopic (exact) mass is 922 g/mol. The molecule has 0 radical (unpaired) electrons. The largest absolute Gasteiger partial charge is 0.491 e. The van der Waals surface area contributed by atoms with Crippen molar-refractivity contribution in [2.75, 3.05) is 34.5 Å². The third-order valence-corrected chi connectivity index (χ3v) is 17.3. The Balaban J connectivity index is 0.723. The second kappa shape index (κ2) is 18.1. The maximum Gasteiger partial charge on any atom is 0.186 e. The van der Waals surface area contributed by atoms with Crippen molar-refractivity contribution in [2.24, 2.45) is 22.7 Å². The van der Waals surface area contributed by atoms with Crippen molar-refractivity contribution in [3.8, 4) is 0 Å². The van der Waals surface area contributed by atoms with Crippen LogP contribution in [0.5, 0.6) is 0 Å². The summed E-state index contributed by atoms with van der Waals surface area (Å²) in [4.78, 5) is 0. The Morgan fingerprint density at radius 1 is 0.662 bits per heavy atom. The van der Waals surface area contributed by atoms with Crippen molar-refractivity contribution >= 4 is 0 Å². The summed E-state index contributed by atoms with van der Waals surface area (Å²) in [7, 11) is 4.72. The number of hydrogen-bond acceptors (Lipinski definition) is 17. The molecule has 3 aliphatic carbocycles. The Morgan fingerprint density at radius 3 is 2.05 bits per heavy atom. The van der Waals surface area contributed by atoms with Gasteiger partial charge in [0, 0.05) is 40.6 Å². The first-order valence-corrected chi connectivity index (χ1v) is 24.3. The first-order chi connectivity index (χ1) is 31.1. The van der Waals surface area contributed by atoms with Crippen LogP contribution >= 0.6 is 0 Å². The van der Waals surface area contributed by atoms with Gasteiger partial charge in [-0.05, 0) is 90.0 Å². The molecule has 24 atom stereocenters. The van der Waals surface area contributed by atoms with Gasteiger partial charge in [0.1, 0.15) is 48.5 Å². The number of hydrogen-bond donors (Lipinski definition) is 3. The first-order valence-electron chi connectivity index (χ1n) is 24.3. The van der Waals surface area contributed by atoms with Crippen LogP contribution in [0, 0.1) is 22.7 Å². The number of ether oxygens (including phenoxy) is 14. The Labute approximate surface area is 382 Å². The standard InChI is InChI=1S/C48H74O17/c1-22-37(50)31(52-7)18-35(57-22)64-40-24(3)59-36(19-32(40)53-8)63-39-23(2)58-34(17-30(39)49)65-41-25(4)60-45(38(51)42(41)54-9)61-27-12-14-46(5)26(16-27)10-11-28-29(46)13-15-48-21-56-47(6)43(48)33(20-55-47)62-44(28)48/h10,22-25,27,29-43,45,49-51H,11-21H2,1-9H3/t22-,23+,24+,25+,27-,29-,30-,31-,32-,33+,34-,35-,36-,37+,38+,39+,40+,41+,42+,43+,45-,46-,47+,48-/m0/s1. The van der Waals surface area contributed by atoms with Crippen molar-refractivity contribution in [1.82, 2.24) is 0 Å². The predicted octanol–water partition coefficient (Wildman–Crippen LogP) is 3.77. The molecule has 0 unspecified atom stereocenters. The van der Waals surface area contributed by atoms with Crippen LogP contribution in [0.1, 0.15) is 99.3 Å². The molecule has 7 aliphatic heterocycles. The van der Waals surface area contributed by atoms with Crippen LogP contribution in [0.4, 0.5) is 0 Å². The Bertz CT molecular complexity index is 1770. The third-order valence-electron chi connectivity index (χ3n) is 17.3. The predicted molar refractivity (Wildman–Crippen MR) is 227 cm³/mol. The summed E-state index contributed by atoms with van der Waals surface area (Å²) >= 11 is 0. The molecule has 17 nitrogen and oxygen atoms in total. The summed E-state index contributed by atoms with van der Waals surface area (Å²) in [5.74, 6) is 1.33. The van der Waals surface area contributed by atoms with Crippen LogP contribution in [-0.4, -0.2) is 172 Å². The van der Waals surface area contributed by atoms with Gasteiger partial charge < -0.3 is 81.6 Å². The number of methoxy groups -OCH3 is 3. The molecule has 17 heteroatoms. The fraction of sp³-hybridized carbons (Fsp3) is 0.917. The van der Waals surface area contributed by atoms with Crippen LogP contribution < -0.4 is 0 Å². The lowest BCUT2D eigenvalue weighted by Crippen LogP contribution is -2.61. The zero-order valence-electron chi connectivity index (χ0n) is 39.5. The molecule has 3 N–H and O–H groups in total. The highest BCUT2D eigenvalue weighted by Crippen LogP contribution is 2.69. The van der Waals surface area contributed by atoms with Gasteiger partial charge in [-0.2, -0.15) is 0 Å². The number of aliphatic hydroxyl groups excluding tert-OH is 3. The summed E-state index contributed by atoms with van der Waals surface area (Å²) in [5.41, 5.74) is 2.82. The quantitative estimate of drug-likeness (QED) is 0.254. The highest BCUT2D eigenvalue weighted by molar-refractivity contribution is 5.40. The average Bonchev–Trinajstić information content (AvgIpc) is 3.91. The topological polar surface area (TPSA) is 190 Å². The molecule has 10 aliphatic rings. The minimum Gasteiger partial charge on any atom is -0.491 e. The Hall–Kier alpha value is -1.36. The average molecular weight is 923 g/mol. The van der Waals surface area contributed by atoms with Gasteiger partial charge in [0.15, 0.2) is 30.9 Å². The number of fused-ring (bicyclic) bond motifs is 3. The van der Waals surface area contributed by atoms with E-state index < -0.39 is 110 Å². The summed E-state index contributed by atoms with van der Waals surface area (Å²) in [6.07, 6.45) is -2.56. The molecule has 0 aromatic rings. The van der Waals surface area contributed by atoms with Gasteiger partial charge in [0.25, 0.3) is 0 Å². The molecule has 0 aromatic heterocycles. The zero-order chi connectivity index (χ0) is 45.7. The van der Waals surface area contributed by atoms with Gasteiger partial charge >= 0.3 is 0 Å². The molecule has 0 bridgehead atoms. The van der Waals surface area contributed by atoms with Crippen molar-refractivity contribution < 1.29 is 81.6 Å². The van der Waals surface area contributed by atoms with E-state index in [0.29, 0.717) is 32.0 Å². The van der Waals surface area contributed by atoms with Gasteiger partial charge in [-0.25, -0.2) is 0 Å². The number of allylic oxidation sites excluding steroid dienone is 2. The summed E-state index contributed by atoms with van der Waals surface area (Å²) in [6, 6.07) is 0. The highest BCUT2D eigenvalue weighted by Gasteiger charge is 2.72. The molecule has 0 aromatic carbocycles. The molecule has 8 fully saturated rings. The number of aliphatic hydroxyl groups is 3. The van der Waals surface area contributed by atoms with Gasteiger partial charge in [0.05, 0.1) is 73.4 Å². The summed E-state index contributed by atoms with van der Waals surface area (Å²) in [5, 5.41) is 33.6. The first kappa shape index (κ1) is 47.3. The van der Waals surface area contributed by atoms with E-state index in [0.717, 1.165) is 38.5 Å². The molecule has 1 saturated carbocycles. The van der Waals surface area contributed by atoms with E-state index in [2.05, 4.69) is 19.9 Å². The van der Waals surface area contributed by atoms with E-state index in [4.69, 9.17) is 66.3 Å². The molecular formula is C48H74O17. The van der Waals surface area contributed by atoms with E-state index in [-0.39, 0.29) is 35.4 Å². The molecule has 10 rings (SSSR count). The lowest BCUT2D eigenvalue weighted by Gasteiger charge is -2.52. The van der Waals surface area contributed by atoms with Crippen LogP contribution in [0.3, 0.4) is 0 Å². The minimum absolute atomic E-state index is 0.0124. The molecule has 7 heterocycles. The van der Waals surface area contributed by atoms with E-state index in [1.807, 2.05) is 20.8 Å². The molecular weight excluding hydrogens is 849 g/mol. The van der Waals surface area contributed by atoms with Crippen molar-refractivity contribution in [3.05, 3.63) is 23.0 Å². The van der Waals surface area contributed by atoms with Crippen LogP contribution in [0.2, 0.25) is 0 Å². The Kier molecular flexibility index (Phi) is 13.2. The van der Waals surface area contributed by atoms with E-state index in [1.165, 1.54) is 16.9 Å².